The largest absolute Gasteiger partial charge is 0.348 e. The first-order valence-electron chi connectivity index (χ1n) is 6.18. The van der Waals surface area contributed by atoms with Crippen molar-refractivity contribution in [2.45, 2.75) is 13.5 Å². The van der Waals surface area contributed by atoms with Gasteiger partial charge in [-0.3, -0.25) is 4.79 Å². The van der Waals surface area contributed by atoms with Crippen molar-refractivity contribution in [2.75, 3.05) is 0 Å². The number of nitrogens with one attached hydrogen (secondary N) is 1. The Balaban J connectivity index is 2.25. The van der Waals surface area contributed by atoms with E-state index in [1.807, 2.05) is 6.92 Å². The van der Waals surface area contributed by atoms with Crippen molar-refractivity contribution < 1.29 is 26.7 Å². The number of carbonyl (C=O) groups excluding carboxylic acids is 1. The molecule has 0 aliphatic carbocycles. The van der Waals surface area contributed by atoms with Crippen LogP contribution in [0.3, 0.4) is 0 Å². The van der Waals surface area contributed by atoms with Gasteiger partial charge < -0.3 is 5.32 Å². The highest BCUT2D eigenvalue weighted by Crippen LogP contribution is 2.23. The Labute approximate surface area is 122 Å². The first kappa shape index (κ1) is 15.9. The predicted octanol–water partition coefficient (Wildman–Crippen LogP) is 3.62. The van der Waals surface area contributed by atoms with Crippen LogP contribution in [0.25, 0.3) is 0 Å². The lowest BCUT2D eigenvalue weighted by molar-refractivity contribution is 0.0939. The number of amides is 1. The molecule has 0 spiro atoms. The minimum absolute atomic E-state index is 0.112. The van der Waals surface area contributed by atoms with Crippen molar-refractivity contribution in [1.29, 1.82) is 0 Å². The molecule has 1 N–H and O–H groups in total. The zero-order chi connectivity index (χ0) is 16.4. The van der Waals surface area contributed by atoms with Crippen LogP contribution in [0.2, 0.25) is 0 Å². The minimum atomic E-state index is -2.30. The summed E-state index contributed by atoms with van der Waals surface area (Å²) < 4.78 is 65.8. The van der Waals surface area contributed by atoms with E-state index < -0.39 is 40.6 Å². The van der Waals surface area contributed by atoms with Crippen molar-refractivity contribution in [1.82, 2.24) is 5.32 Å². The summed E-state index contributed by atoms with van der Waals surface area (Å²) in [6, 6.07) is 6.82. The zero-order valence-corrected chi connectivity index (χ0v) is 11.3. The maximum Gasteiger partial charge on any atom is 0.257 e. The second kappa shape index (κ2) is 6.13. The van der Waals surface area contributed by atoms with Crippen molar-refractivity contribution >= 4 is 5.91 Å². The molecule has 0 heterocycles. The predicted molar refractivity (Wildman–Crippen MR) is 68.6 cm³/mol. The molecule has 2 aromatic carbocycles. The van der Waals surface area contributed by atoms with Crippen molar-refractivity contribution in [3.63, 3.8) is 0 Å². The standard InChI is InChI=1S/C15H10F5NO/c1-7-2-4-8(5-3-7)6-21-15(22)9-10(16)12(18)14(20)13(19)11(9)17/h2-5H,6H2,1H3,(H,21,22). The Morgan fingerprint density at radius 1 is 0.864 bits per heavy atom. The van der Waals surface area contributed by atoms with Gasteiger partial charge in [0.2, 0.25) is 5.82 Å². The molecule has 2 aromatic rings. The van der Waals surface area contributed by atoms with Crippen LogP contribution < -0.4 is 5.32 Å². The first-order valence-corrected chi connectivity index (χ1v) is 6.18. The molecule has 0 unspecified atom stereocenters. The van der Waals surface area contributed by atoms with Crippen molar-refractivity contribution in [2.24, 2.45) is 0 Å². The van der Waals surface area contributed by atoms with Crippen LogP contribution in [0.5, 0.6) is 0 Å². The van der Waals surface area contributed by atoms with Crippen LogP contribution in [0.4, 0.5) is 22.0 Å². The molecular formula is C15H10F5NO. The van der Waals surface area contributed by atoms with Crippen LogP contribution in [-0.4, -0.2) is 5.91 Å². The molecule has 0 aromatic heterocycles. The summed E-state index contributed by atoms with van der Waals surface area (Å²) >= 11 is 0. The Hall–Kier alpha value is -2.44. The van der Waals surface area contributed by atoms with Crippen molar-refractivity contribution in [3.05, 3.63) is 70.0 Å². The maximum absolute atomic E-state index is 13.4. The van der Waals surface area contributed by atoms with Crippen LogP contribution in [0.1, 0.15) is 21.5 Å². The van der Waals surface area contributed by atoms with Gasteiger partial charge in [0.15, 0.2) is 23.3 Å². The highest BCUT2D eigenvalue weighted by Gasteiger charge is 2.29. The molecule has 0 radical (unpaired) electrons. The van der Waals surface area contributed by atoms with E-state index in [9.17, 15) is 26.7 Å². The van der Waals surface area contributed by atoms with Gasteiger partial charge in [-0.25, -0.2) is 22.0 Å². The molecule has 7 heteroatoms. The molecule has 22 heavy (non-hydrogen) atoms. The summed E-state index contributed by atoms with van der Waals surface area (Å²) in [5, 5.41) is 2.12. The lowest BCUT2D eigenvalue weighted by Crippen LogP contribution is -2.26. The zero-order valence-electron chi connectivity index (χ0n) is 11.3. The smallest absolute Gasteiger partial charge is 0.257 e. The third-order valence-corrected chi connectivity index (χ3v) is 3.01. The van der Waals surface area contributed by atoms with E-state index in [0.717, 1.165) is 5.56 Å². The summed E-state index contributed by atoms with van der Waals surface area (Å²) in [5.41, 5.74) is 0.0844. The molecule has 116 valence electrons. The minimum Gasteiger partial charge on any atom is -0.348 e. The number of halogens is 5. The highest BCUT2D eigenvalue weighted by molar-refractivity contribution is 5.94. The van der Waals surface area contributed by atoms with Gasteiger partial charge in [-0.2, -0.15) is 0 Å². The second-order valence-corrected chi connectivity index (χ2v) is 4.61. The normalized spacial score (nSPS) is 10.6. The van der Waals surface area contributed by atoms with E-state index in [0.29, 0.717) is 5.56 Å². The second-order valence-electron chi connectivity index (χ2n) is 4.61. The monoisotopic (exact) mass is 315 g/mol. The highest BCUT2D eigenvalue weighted by atomic mass is 19.2. The van der Waals surface area contributed by atoms with Crippen LogP contribution in [0.15, 0.2) is 24.3 Å². The van der Waals surface area contributed by atoms with E-state index in [4.69, 9.17) is 0 Å². The summed E-state index contributed by atoms with van der Waals surface area (Å²) in [5.74, 6) is -12.3. The first-order chi connectivity index (χ1) is 10.3. The quantitative estimate of drug-likeness (QED) is 0.523. The number of hydrogen-bond acceptors (Lipinski definition) is 1. The maximum atomic E-state index is 13.4. The average Bonchev–Trinajstić information content (AvgIpc) is 2.50. The summed E-state index contributed by atoms with van der Waals surface area (Å²) in [6.07, 6.45) is 0. The average molecular weight is 315 g/mol. The molecule has 0 bridgehead atoms. The van der Waals surface area contributed by atoms with Gasteiger partial charge in [0.1, 0.15) is 5.56 Å². The lowest BCUT2D eigenvalue weighted by atomic mass is 10.1. The molecule has 0 fully saturated rings. The molecular weight excluding hydrogens is 305 g/mol. The van der Waals surface area contributed by atoms with Gasteiger partial charge in [0, 0.05) is 6.54 Å². The molecule has 1 amide bonds. The summed E-state index contributed by atoms with van der Waals surface area (Å²) in [6.45, 7) is 1.73. The van der Waals surface area contributed by atoms with Gasteiger partial charge in [-0.15, -0.1) is 0 Å². The third kappa shape index (κ3) is 2.93. The Morgan fingerprint density at radius 3 is 1.82 bits per heavy atom. The fourth-order valence-corrected chi connectivity index (χ4v) is 1.78. The van der Waals surface area contributed by atoms with E-state index in [-0.39, 0.29) is 6.54 Å². The number of rotatable bonds is 3. The van der Waals surface area contributed by atoms with Gasteiger partial charge in [0.25, 0.3) is 5.91 Å². The third-order valence-electron chi connectivity index (χ3n) is 3.01. The Bertz CT molecular complexity index is 699. The van der Waals surface area contributed by atoms with Crippen molar-refractivity contribution in [3.8, 4) is 0 Å². The summed E-state index contributed by atoms with van der Waals surface area (Å²) in [7, 11) is 0. The van der Waals surface area contributed by atoms with Crippen LogP contribution in [0, 0.1) is 36.0 Å². The summed E-state index contributed by atoms with van der Waals surface area (Å²) in [4.78, 5) is 11.7. The van der Waals surface area contributed by atoms with E-state index in [2.05, 4.69) is 5.32 Å². The number of benzene rings is 2. The molecule has 0 aliphatic rings. The van der Waals surface area contributed by atoms with Crippen LogP contribution in [-0.2, 0) is 6.54 Å². The van der Waals surface area contributed by atoms with Gasteiger partial charge in [-0.1, -0.05) is 29.8 Å². The Morgan fingerprint density at radius 2 is 1.32 bits per heavy atom. The molecule has 2 nitrogen and oxygen atoms in total. The Kier molecular flexibility index (Phi) is 4.44. The molecule has 0 saturated heterocycles. The fraction of sp³-hybridized carbons (Fsp3) is 0.133. The number of hydrogen-bond donors (Lipinski definition) is 1. The lowest BCUT2D eigenvalue weighted by Gasteiger charge is -2.09. The van der Waals surface area contributed by atoms with Gasteiger partial charge in [0.05, 0.1) is 0 Å². The topological polar surface area (TPSA) is 29.1 Å². The molecule has 0 saturated carbocycles. The van der Waals surface area contributed by atoms with E-state index in [1.165, 1.54) is 0 Å². The van der Waals surface area contributed by atoms with E-state index in [1.54, 1.807) is 24.3 Å². The van der Waals surface area contributed by atoms with E-state index >= 15 is 0 Å². The van der Waals surface area contributed by atoms with Gasteiger partial charge in [-0.05, 0) is 12.5 Å². The van der Waals surface area contributed by atoms with Crippen LogP contribution >= 0.6 is 0 Å². The fourth-order valence-electron chi connectivity index (χ4n) is 1.78. The molecule has 0 aliphatic heterocycles. The molecule has 0 atom stereocenters. The number of aryl methyl sites for hydroxylation is 1. The molecule has 2 rings (SSSR count). The van der Waals surface area contributed by atoms with Gasteiger partial charge >= 0.3 is 0 Å². The SMILES string of the molecule is Cc1ccc(CNC(=O)c2c(F)c(F)c(F)c(F)c2F)cc1. The number of carbonyl (C=O) groups is 1.